The van der Waals surface area contributed by atoms with E-state index in [2.05, 4.69) is 39.8 Å². The number of rotatable bonds is 4. The highest BCUT2D eigenvalue weighted by molar-refractivity contribution is 6.75. The van der Waals surface area contributed by atoms with E-state index in [-0.39, 0.29) is 6.61 Å². The molecule has 1 N–H and O–H groups in total. The molecule has 0 bridgehead atoms. The molecule has 1 aromatic rings. The Kier molecular flexibility index (Phi) is 4.55. The molecule has 1 nitrogen and oxygen atoms in total. The summed E-state index contributed by atoms with van der Waals surface area (Å²) in [5.41, 5.74) is 2.53. The molecule has 0 saturated carbocycles. The van der Waals surface area contributed by atoms with Crippen LogP contribution in [-0.2, 0) is 6.61 Å². The van der Waals surface area contributed by atoms with Crippen LogP contribution in [0.1, 0.15) is 33.3 Å². The average Bonchev–Trinajstić information content (AvgIpc) is 2.18. The maximum absolute atomic E-state index is 8.99. The smallest absolute Gasteiger partial charge is 0.0910 e. The SMILES string of the molecule is CC(C)[Si](c1ccc(CO)cc1)C(C)C. The highest BCUT2D eigenvalue weighted by atomic mass is 28.3. The number of aliphatic hydroxyl groups excluding tert-OH is 1. The first-order valence-electron chi connectivity index (χ1n) is 5.63. The minimum absolute atomic E-state index is 0.145. The fourth-order valence-electron chi connectivity index (χ4n) is 2.14. The van der Waals surface area contributed by atoms with Crippen LogP contribution < -0.4 is 5.19 Å². The summed E-state index contributed by atoms with van der Waals surface area (Å²) in [6, 6.07) is 8.48. The van der Waals surface area contributed by atoms with Gasteiger partial charge in [-0.2, -0.15) is 0 Å². The van der Waals surface area contributed by atoms with E-state index in [0.717, 1.165) is 16.6 Å². The predicted octanol–water partition coefficient (Wildman–Crippen LogP) is 2.70. The van der Waals surface area contributed by atoms with Crippen LogP contribution in [0.4, 0.5) is 0 Å². The van der Waals surface area contributed by atoms with Crippen LogP contribution >= 0.6 is 0 Å². The highest BCUT2D eigenvalue weighted by Crippen LogP contribution is 2.19. The van der Waals surface area contributed by atoms with Gasteiger partial charge in [0.15, 0.2) is 0 Å². The van der Waals surface area contributed by atoms with E-state index < -0.39 is 8.80 Å². The van der Waals surface area contributed by atoms with Gasteiger partial charge in [0, 0.05) is 0 Å². The Bertz CT molecular complexity index is 282. The monoisotopic (exact) mass is 221 g/mol. The van der Waals surface area contributed by atoms with Gasteiger partial charge in [0.1, 0.15) is 0 Å². The van der Waals surface area contributed by atoms with Gasteiger partial charge in [-0.05, 0) is 16.6 Å². The Morgan fingerprint density at radius 1 is 1.00 bits per heavy atom. The molecule has 0 unspecified atom stereocenters. The first kappa shape index (κ1) is 12.5. The molecular weight excluding hydrogens is 200 g/mol. The summed E-state index contributed by atoms with van der Waals surface area (Å²) < 4.78 is 0. The standard InChI is InChI=1S/C13H21OSi/c1-10(2)15(11(3)4)13-7-5-12(9-14)6-8-13/h5-8,10-11,14H,9H2,1-4H3. The van der Waals surface area contributed by atoms with Crippen LogP contribution in [-0.4, -0.2) is 13.9 Å². The van der Waals surface area contributed by atoms with Crippen LogP contribution in [0.2, 0.25) is 11.1 Å². The third-order valence-corrected chi connectivity index (χ3v) is 6.20. The van der Waals surface area contributed by atoms with Crippen molar-refractivity contribution in [3.8, 4) is 0 Å². The Morgan fingerprint density at radius 3 is 1.80 bits per heavy atom. The van der Waals surface area contributed by atoms with Gasteiger partial charge in [-0.3, -0.25) is 0 Å². The lowest BCUT2D eigenvalue weighted by Gasteiger charge is -2.23. The fourth-order valence-corrected chi connectivity index (χ4v) is 5.35. The molecule has 2 heteroatoms. The van der Waals surface area contributed by atoms with Crippen LogP contribution in [0.25, 0.3) is 0 Å². The molecule has 0 fully saturated rings. The van der Waals surface area contributed by atoms with Crippen LogP contribution in [0, 0.1) is 0 Å². The van der Waals surface area contributed by atoms with E-state index in [1.54, 1.807) is 0 Å². The molecule has 0 atom stereocenters. The molecule has 0 spiro atoms. The first-order chi connectivity index (χ1) is 7.06. The van der Waals surface area contributed by atoms with Crippen molar-refractivity contribution in [2.45, 2.75) is 45.4 Å². The van der Waals surface area contributed by atoms with Crippen molar-refractivity contribution in [1.29, 1.82) is 0 Å². The Labute approximate surface area is 94.8 Å². The van der Waals surface area contributed by atoms with E-state index in [9.17, 15) is 0 Å². The zero-order valence-electron chi connectivity index (χ0n) is 10.1. The van der Waals surface area contributed by atoms with Crippen LogP contribution in [0.3, 0.4) is 0 Å². The lowest BCUT2D eigenvalue weighted by molar-refractivity contribution is 0.282. The molecule has 15 heavy (non-hydrogen) atoms. The van der Waals surface area contributed by atoms with Crippen LogP contribution in [0.15, 0.2) is 24.3 Å². The third-order valence-electron chi connectivity index (χ3n) is 2.71. The molecule has 0 saturated heterocycles. The van der Waals surface area contributed by atoms with E-state index in [1.807, 2.05) is 12.1 Å². The topological polar surface area (TPSA) is 20.2 Å². The molecule has 0 aliphatic carbocycles. The summed E-state index contributed by atoms with van der Waals surface area (Å²) in [5.74, 6) is 0. The van der Waals surface area contributed by atoms with Crippen molar-refractivity contribution in [2.75, 3.05) is 0 Å². The van der Waals surface area contributed by atoms with Gasteiger partial charge in [-0.15, -0.1) is 0 Å². The molecule has 1 radical (unpaired) electrons. The van der Waals surface area contributed by atoms with Crippen molar-refractivity contribution in [3.05, 3.63) is 29.8 Å². The van der Waals surface area contributed by atoms with E-state index >= 15 is 0 Å². The minimum Gasteiger partial charge on any atom is -0.392 e. The lowest BCUT2D eigenvalue weighted by atomic mass is 10.2. The molecule has 0 amide bonds. The van der Waals surface area contributed by atoms with Crippen molar-refractivity contribution in [2.24, 2.45) is 0 Å². The Balaban J connectivity index is 2.92. The minimum atomic E-state index is -0.462. The van der Waals surface area contributed by atoms with Crippen molar-refractivity contribution in [1.82, 2.24) is 0 Å². The first-order valence-corrected chi connectivity index (χ1v) is 7.28. The van der Waals surface area contributed by atoms with E-state index in [0.29, 0.717) is 0 Å². The molecule has 1 rings (SSSR count). The van der Waals surface area contributed by atoms with Gasteiger partial charge >= 0.3 is 0 Å². The number of aliphatic hydroxyl groups is 1. The van der Waals surface area contributed by atoms with Gasteiger partial charge in [0.2, 0.25) is 0 Å². The van der Waals surface area contributed by atoms with Crippen LogP contribution in [0.5, 0.6) is 0 Å². The average molecular weight is 221 g/mol. The van der Waals surface area contributed by atoms with Gasteiger partial charge in [0.25, 0.3) is 0 Å². The number of hydrogen-bond donors (Lipinski definition) is 1. The molecule has 83 valence electrons. The molecule has 1 aromatic carbocycles. The predicted molar refractivity (Wildman–Crippen MR) is 67.9 cm³/mol. The zero-order valence-corrected chi connectivity index (χ0v) is 11.1. The molecule has 0 aromatic heterocycles. The van der Waals surface area contributed by atoms with Crippen molar-refractivity contribution in [3.63, 3.8) is 0 Å². The molecule has 0 heterocycles. The maximum Gasteiger partial charge on any atom is 0.0910 e. The summed E-state index contributed by atoms with van der Waals surface area (Å²) in [5, 5.41) is 10.5. The number of hydrogen-bond acceptors (Lipinski definition) is 1. The molecular formula is C13H21OSi. The third kappa shape index (κ3) is 3.18. The lowest BCUT2D eigenvalue weighted by Crippen LogP contribution is -2.35. The summed E-state index contributed by atoms with van der Waals surface area (Å²) in [7, 11) is -0.462. The van der Waals surface area contributed by atoms with Gasteiger partial charge < -0.3 is 5.11 Å². The second-order valence-corrected chi connectivity index (χ2v) is 8.42. The highest BCUT2D eigenvalue weighted by Gasteiger charge is 2.21. The molecule has 0 aliphatic heterocycles. The summed E-state index contributed by atoms with van der Waals surface area (Å²) in [6.45, 7) is 9.40. The van der Waals surface area contributed by atoms with Gasteiger partial charge in [-0.1, -0.05) is 57.1 Å². The largest absolute Gasteiger partial charge is 0.392 e. The van der Waals surface area contributed by atoms with Crippen molar-refractivity contribution >= 4 is 14.0 Å². The zero-order chi connectivity index (χ0) is 11.4. The van der Waals surface area contributed by atoms with E-state index in [1.165, 1.54) is 5.19 Å². The van der Waals surface area contributed by atoms with Gasteiger partial charge in [0.05, 0.1) is 15.4 Å². The van der Waals surface area contributed by atoms with Gasteiger partial charge in [-0.25, -0.2) is 0 Å². The Hall–Kier alpha value is -0.603. The quantitative estimate of drug-likeness (QED) is 0.775. The summed E-state index contributed by atoms with van der Waals surface area (Å²) in [6.07, 6.45) is 0. The maximum atomic E-state index is 8.99. The number of benzene rings is 1. The molecule has 0 aliphatic rings. The van der Waals surface area contributed by atoms with E-state index in [4.69, 9.17) is 5.11 Å². The van der Waals surface area contributed by atoms with Crippen molar-refractivity contribution < 1.29 is 5.11 Å². The summed E-state index contributed by atoms with van der Waals surface area (Å²) in [4.78, 5) is 0. The second-order valence-electron chi connectivity index (χ2n) is 4.62. The summed E-state index contributed by atoms with van der Waals surface area (Å²) >= 11 is 0. The Morgan fingerprint density at radius 2 is 1.47 bits per heavy atom. The fraction of sp³-hybridized carbons (Fsp3) is 0.538. The normalized spacial score (nSPS) is 11.7. The second kappa shape index (κ2) is 5.47.